The maximum absolute atomic E-state index is 11.9. The van der Waals surface area contributed by atoms with Crippen LogP contribution in [0.25, 0.3) is 0 Å². The first-order valence-electron chi connectivity index (χ1n) is 5.26. The Morgan fingerprint density at radius 2 is 2.17 bits per heavy atom. The second-order valence-corrected chi connectivity index (χ2v) is 3.72. The molecule has 0 aliphatic heterocycles. The van der Waals surface area contributed by atoms with E-state index in [9.17, 15) is 9.90 Å². The highest BCUT2D eigenvalue weighted by Gasteiger charge is 2.13. The number of amides is 1. The summed E-state index contributed by atoms with van der Waals surface area (Å²) in [5, 5.41) is 12.0. The van der Waals surface area contributed by atoms with Gasteiger partial charge in [0.2, 0.25) is 0 Å². The number of nitrogens with two attached hydrogens (primary N) is 1. The molecule has 0 radical (unpaired) electrons. The number of aryl methyl sites for hydroxylation is 1. The lowest BCUT2D eigenvalue weighted by Crippen LogP contribution is -2.16. The van der Waals surface area contributed by atoms with E-state index < -0.39 is 5.91 Å². The fraction of sp³-hybridized carbons (Fsp3) is 0.0833. The second kappa shape index (κ2) is 4.70. The molecule has 0 atom stereocenters. The van der Waals surface area contributed by atoms with Crippen molar-refractivity contribution in [3.05, 3.63) is 41.9 Å². The van der Waals surface area contributed by atoms with Crippen LogP contribution in [-0.2, 0) is 0 Å². The van der Waals surface area contributed by atoms with Gasteiger partial charge < -0.3 is 16.2 Å². The third kappa shape index (κ3) is 2.37. The molecular weight excluding hydrogens is 232 g/mol. The molecule has 0 saturated carbocycles. The summed E-state index contributed by atoms with van der Waals surface area (Å²) in [7, 11) is 0. The van der Waals surface area contributed by atoms with Gasteiger partial charge in [0.15, 0.2) is 17.3 Å². The average Bonchev–Trinajstić information content (AvgIpc) is 2.34. The number of carbonyl (C=O) groups excluding carboxylic acids is 1. The van der Waals surface area contributed by atoms with Gasteiger partial charge in [-0.15, -0.1) is 0 Å². The molecule has 0 aliphatic carbocycles. The van der Waals surface area contributed by atoms with Crippen LogP contribution in [0, 0.1) is 6.92 Å². The molecule has 2 aromatic heterocycles. The smallest absolute Gasteiger partial charge is 0.277 e. The molecule has 1 amide bonds. The van der Waals surface area contributed by atoms with Crippen LogP contribution < -0.4 is 11.1 Å². The minimum absolute atomic E-state index is 0.0880. The topological polar surface area (TPSA) is 101 Å². The highest BCUT2D eigenvalue weighted by Crippen LogP contribution is 2.21. The standard InChI is InChI=1S/C12H12N4O2/c1-7-4-5-9(17)11(15-7)16-12(18)10-8(13)3-2-6-14-10/h2-6,17H,13H2,1H3,(H,15,16,18). The first-order valence-corrected chi connectivity index (χ1v) is 5.26. The molecule has 92 valence electrons. The highest BCUT2D eigenvalue weighted by molar-refractivity contribution is 6.06. The van der Waals surface area contributed by atoms with E-state index in [-0.39, 0.29) is 22.9 Å². The summed E-state index contributed by atoms with van der Waals surface area (Å²) in [4.78, 5) is 19.8. The van der Waals surface area contributed by atoms with Gasteiger partial charge in [0.1, 0.15) is 0 Å². The van der Waals surface area contributed by atoms with Crippen LogP contribution in [0.5, 0.6) is 5.75 Å². The monoisotopic (exact) mass is 244 g/mol. The van der Waals surface area contributed by atoms with Gasteiger partial charge in [-0.1, -0.05) is 0 Å². The van der Waals surface area contributed by atoms with E-state index in [1.165, 1.54) is 12.3 Å². The minimum Gasteiger partial charge on any atom is -0.504 e. The molecular formula is C12H12N4O2. The van der Waals surface area contributed by atoms with Gasteiger partial charge in [0.05, 0.1) is 5.69 Å². The Labute approximate surface area is 104 Å². The van der Waals surface area contributed by atoms with Gasteiger partial charge in [0.25, 0.3) is 5.91 Å². The molecule has 4 N–H and O–H groups in total. The molecule has 0 bridgehead atoms. The van der Waals surface area contributed by atoms with Gasteiger partial charge in [0, 0.05) is 11.9 Å². The van der Waals surface area contributed by atoms with Crippen molar-refractivity contribution in [3.63, 3.8) is 0 Å². The van der Waals surface area contributed by atoms with Crippen LogP contribution in [0.4, 0.5) is 11.5 Å². The lowest BCUT2D eigenvalue weighted by atomic mass is 10.3. The quantitative estimate of drug-likeness (QED) is 0.739. The maximum atomic E-state index is 11.9. The first kappa shape index (κ1) is 11.8. The van der Waals surface area contributed by atoms with Gasteiger partial charge in [-0.3, -0.25) is 4.79 Å². The van der Waals surface area contributed by atoms with E-state index in [0.29, 0.717) is 5.69 Å². The predicted octanol–water partition coefficient (Wildman–Crippen LogP) is 1.33. The molecule has 6 heteroatoms. The number of nitrogen functional groups attached to an aromatic ring is 1. The summed E-state index contributed by atoms with van der Waals surface area (Å²) >= 11 is 0. The Bertz CT molecular complexity index is 598. The fourth-order valence-electron chi connectivity index (χ4n) is 1.42. The van der Waals surface area contributed by atoms with Crippen molar-refractivity contribution in [1.29, 1.82) is 0 Å². The van der Waals surface area contributed by atoms with E-state index in [1.54, 1.807) is 25.1 Å². The van der Waals surface area contributed by atoms with Crippen molar-refractivity contribution >= 4 is 17.4 Å². The SMILES string of the molecule is Cc1ccc(O)c(NC(=O)c2ncccc2N)n1. The number of hydrogen-bond donors (Lipinski definition) is 3. The molecule has 2 heterocycles. The van der Waals surface area contributed by atoms with Crippen LogP contribution in [-0.4, -0.2) is 21.0 Å². The molecule has 18 heavy (non-hydrogen) atoms. The largest absolute Gasteiger partial charge is 0.504 e. The van der Waals surface area contributed by atoms with E-state index in [1.807, 2.05) is 0 Å². The van der Waals surface area contributed by atoms with E-state index >= 15 is 0 Å². The highest BCUT2D eigenvalue weighted by atomic mass is 16.3. The van der Waals surface area contributed by atoms with Gasteiger partial charge in [-0.25, -0.2) is 9.97 Å². The molecule has 2 rings (SSSR count). The summed E-state index contributed by atoms with van der Waals surface area (Å²) < 4.78 is 0. The van der Waals surface area contributed by atoms with Crippen LogP contribution >= 0.6 is 0 Å². The number of pyridine rings is 2. The van der Waals surface area contributed by atoms with Crippen molar-refractivity contribution in [2.24, 2.45) is 0 Å². The normalized spacial score (nSPS) is 10.1. The van der Waals surface area contributed by atoms with Gasteiger partial charge in [-0.05, 0) is 31.2 Å². The van der Waals surface area contributed by atoms with E-state index in [4.69, 9.17) is 5.73 Å². The zero-order chi connectivity index (χ0) is 13.1. The molecule has 0 fully saturated rings. The molecule has 6 nitrogen and oxygen atoms in total. The number of rotatable bonds is 2. The number of aromatic nitrogens is 2. The zero-order valence-corrected chi connectivity index (χ0v) is 9.71. The Morgan fingerprint density at radius 1 is 1.39 bits per heavy atom. The molecule has 0 spiro atoms. The number of nitrogens with zero attached hydrogens (tertiary/aromatic N) is 2. The molecule has 2 aromatic rings. The molecule has 0 saturated heterocycles. The summed E-state index contributed by atoms with van der Waals surface area (Å²) in [5.74, 6) is -0.532. The molecule has 0 unspecified atom stereocenters. The summed E-state index contributed by atoms with van der Waals surface area (Å²) in [6.07, 6.45) is 1.47. The number of aromatic hydroxyl groups is 1. The van der Waals surface area contributed by atoms with Gasteiger partial charge in [-0.2, -0.15) is 0 Å². The van der Waals surface area contributed by atoms with Crippen LogP contribution in [0.3, 0.4) is 0 Å². The number of nitrogens with one attached hydrogen (secondary N) is 1. The summed E-state index contributed by atoms with van der Waals surface area (Å²) in [6, 6.07) is 6.31. The van der Waals surface area contributed by atoms with Crippen LogP contribution in [0.2, 0.25) is 0 Å². The minimum atomic E-state index is -0.512. The third-order valence-corrected chi connectivity index (χ3v) is 2.30. The summed E-state index contributed by atoms with van der Waals surface area (Å²) in [5.41, 5.74) is 6.68. The van der Waals surface area contributed by atoms with Crippen molar-refractivity contribution in [2.75, 3.05) is 11.1 Å². The Kier molecular flexibility index (Phi) is 3.09. The van der Waals surface area contributed by atoms with Crippen LogP contribution in [0.15, 0.2) is 30.5 Å². The van der Waals surface area contributed by atoms with Gasteiger partial charge >= 0.3 is 0 Å². The number of anilines is 2. The van der Waals surface area contributed by atoms with Crippen LogP contribution in [0.1, 0.15) is 16.2 Å². The number of carbonyl (C=O) groups is 1. The lowest BCUT2D eigenvalue weighted by molar-refractivity contribution is 0.102. The Balaban J connectivity index is 2.27. The van der Waals surface area contributed by atoms with Crippen molar-refractivity contribution in [1.82, 2.24) is 9.97 Å². The van der Waals surface area contributed by atoms with E-state index in [2.05, 4.69) is 15.3 Å². The van der Waals surface area contributed by atoms with Crippen molar-refractivity contribution in [3.8, 4) is 5.75 Å². The van der Waals surface area contributed by atoms with E-state index in [0.717, 1.165) is 0 Å². The Morgan fingerprint density at radius 3 is 2.89 bits per heavy atom. The number of hydrogen-bond acceptors (Lipinski definition) is 5. The second-order valence-electron chi connectivity index (χ2n) is 3.72. The lowest BCUT2D eigenvalue weighted by Gasteiger charge is -2.07. The maximum Gasteiger partial charge on any atom is 0.277 e. The Hall–Kier alpha value is -2.63. The summed E-state index contributed by atoms with van der Waals surface area (Å²) in [6.45, 7) is 1.75. The van der Waals surface area contributed by atoms with Crippen molar-refractivity contribution < 1.29 is 9.90 Å². The zero-order valence-electron chi connectivity index (χ0n) is 9.71. The van der Waals surface area contributed by atoms with Crippen molar-refractivity contribution in [2.45, 2.75) is 6.92 Å². The molecule has 0 aliphatic rings. The fourth-order valence-corrected chi connectivity index (χ4v) is 1.42. The third-order valence-electron chi connectivity index (χ3n) is 2.30. The molecule has 0 aromatic carbocycles. The average molecular weight is 244 g/mol. The predicted molar refractivity (Wildman–Crippen MR) is 67.2 cm³/mol. The first-order chi connectivity index (χ1) is 8.58.